The molecule has 0 radical (unpaired) electrons. The van der Waals surface area contributed by atoms with E-state index in [2.05, 4.69) is 5.32 Å². The molecule has 2 aliphatic heterocycles. The van der Waals surface area contributed by atoms with Crippen LogP contribution >= 0.6 is 11.3 Å². The van der Waals surface area contributed by atoms with Crippen LogP contribution in [0.5, 0.6) is 0 Å². The lowest BCUT2D eigenvalue weighted by molar-refractivity contribution is -0.157. The van der Waals surface area contributed by atoms with Gasteiger partial charge >= 0.3 is 5.97 Å². The van der Waals surface area contributed by atoms with Gasteiger partial charge in [-0.2, -0.15) is 0 Å². The lowest BCUT2D eigenvalue weighted by atomic mass is 9.74. The maximum atomic E-state index is 12.8. The SMILES string of the molecule is CC(=O)NC(CC(=O)N1C[C@H]2COCC[C@@]2(C(=O)O)C1)c1cccs1. The van der Waals surface area contributed by atoms with E-state index in [-0.39, 0.29) is 36.7 Å². The molecule has 2 amide bonds. The quantitative estimate of drug-likeness (QED) is 0.818. The summed E-state index contributed by atoms with van der Waals surface area (Å²) in [6, 6.07) is 3.37. The first-order valence-electron chi connectivity index (χ1n) is 8.32. The van der Waals surface area contributed by atoms with Crippen LogP contribution in [0.25, 0.3) is 0 Å². The first-order chi connectivity index (χ1) is 11.9. The topological polar surface area (TPSA) is 95.9 Å². The first kappa shape index (κ1) is 17.9. The summed E-state index contributed by atoms with van der Waals surface area (Å²) in [6.07, 6.45) is 0.556. The Balaban J connectivity index is 1.72. The number of carbonyl (C=O) groups is 3. The van der Waals surface area contributed by atoms with Gasteiger partial charge in [-0.05, 0) is 17.9 Å². The number of hydrogen-bond acceptors (Lipinski definition) is 5. The van der Waals surface area contributed by atoms with Crippen LogP contribution in [0, 0.1) is 11.3 Å². The Hall–Kier alpha value is -1.93. The zero-order valence-corrected chi connectivity index (χ0v) is 14.9. The normalized spacial score (nSPS) is 26.8. The minimum absolute atomic E-state index is 0.128. The molecule has 0 aromatic carbocycles. The van der Waals surface area contributed by atoms with Gasteiger partial charge in [0.05, 0.1) is 24.5 Å². The lowest BCUT2D eigenvalue weighted by Gasteiger charge is -2.33. The Morgan fingerprint density at radius 3 is 2.92 bits per heavy atom. The minimum atomic E-state index is -0.902. The van der Waals surface area contributed by atoms with E-state index < -0.39 is 11.4 Å². The monoisotopic (exact) mass is 366 g/mol. The van der Waals surface area contributed by atoms with Crippen molar-refractivity contribution in [3.63, 3.8) is 0 Å². The highest BCUT2D eigenvalue weighted by Gasteiger charge is 2.54. The molecule has 3 atom stereocenters. The van der Waals surface area contributed by atoms with Crippen LogP contribution < -0.4 is 5.32 Å². The van der Waals surface area contributed by atoms with E-state index in [4.69, 9.17) is 4.74 Å². The summed E-state index contributed by atoms with van der Waals surface area (Å²) in [4.78, 5) is 38.6. The number of carboxylic acid groups (broad SMARTS) is 1. The van der Waals surface area contributed by atoms with E-state index in [0.29, 0.717) is 26.2 Å². The van der Waals surface area contributed by atoms with E-state index in [0.717, 1.165) is 4.88 Å². The second-order valence-corrected chi connectivity index (χ2v) is 7.71. The van der Waals surface area contributed by atoms with Gasteiger partial charge in [0.2, 0.25) is 11.8 Å². The highest BCUT2D eigenvalue weighted by Crippen LogP contribution is 2.42. The summed E-state index contributed by atoms with van der Waals surface area (Å²) in [5.41, 5.74) is -0.902. The zero-order chi connectivity index (χ0) is 18.0. The molecule has 1 aromatic rings. The Bertz CT molecular complexity index is 662. The Kier molecular flexibility index (Phi) is 5.10. The van der Waals surface area contributed by atoms with Crippen molar-refractivity contribution in [1.29, 1.82) is 0 Å². The molecule has 25 heavy (non-hydrogen) atoms. The lowest BCUT2D eigenvalue weighted by Crippen LogP contribution is -2.45. The zero-order valence-electron chi connectivity index (χ0n) is 14.1. The fourth-order valence-electron chi connectivity index (χ4n) is 3.75. The molecule has 136 valence electrons. The second-order valence-electron chi connectivity index (χ2n) is 6.73. The van der Waals surface area contributed by atoms with Crippen LogP contribution in [0.15, 0.2) is 17.5 Å². The number of aliphatic carboxylic acids is 1. The van der Waals surface area contributed by atoms with Gasteiger partial charge in [-0.25, -0.2) is 0 Å². The molecule has 2 saturated heterocycles. The molecule has 3 rings (SSSR count). The van der Waals surface area contributed by atoms with Crippen molar-refractivity contribution in [2.24, 2.45) is 11.3 Å². The number of amides is 2. The molecular weight excluding hydrogens is 344 g/mol. The summed E-state index contributed by atoms with van der Waals surface area (Å²) in [5, 5.41) is 14.4. The third kappa shape index (κ3) is 3.55. The number of likely N-dealkylation sites (tertiary alicyclic amines) is 1. The average Bonchev–Trinajstić information content (AvgIpc) is 3.21. The summed E-state index contributed by atoms with van der Waals surface area (Å²) < 4.78 is 5.42. The van der Waals surface area contributed by atoms with E-state index in [9.17, 15) is 19.5 Å². The van der Waals surface area contributed by atoms with Crippen LogP contribution in [0.2, 0.25) is 0 Å². The third-order valence-electron chi connectivity index (χ3n) is 5.13. The molecule has 2 fully saturated rings. The van der Waals surface area contributed by atoms with Crippen LogP contribution in [-0.2, 0) is 19.1 Å². The molecule has 2 N–H and O–H groups in total. The molecule has 8 heteroatoms. The molecule has 1 aromatic heterocycles. The minimum Gasteiger partial charge on any atom is -0.481 e. The largest absolute Gasteiger partial charge is 0.481 e. The standard InChI is InChI=1S/C17H22N2O5S/c1-11(20)18-13(14-3-2-6-25-14)7-15(21)19-8-12-9-24-5-4-17(12,10-19)16(22)23/h2-3,6,12-13H,4-5,7-10H2,1H3,(H,18,20)(H,22,23)/t12-,13?,17+/m0/s1. The maximum absolute atomic E-state index is 12.8. The number of carbonyl (C=O) groups excluding carboxylic acids is 2. The Morgan fingerprint density at radius 1 is 1.52 bits per heavy atom. The molecule has 7 nitrogen and oxygen atoms in total. The molecule has 0 bridgehead atoms. The van der Waals surface area contributed by atoms with E-state index in [1.165, 1.54) is 18.3 Å². The molecule has 0 aliphatic carbocycles. The second kappa shape index (κ2) is 7.13. The fraction of sp³-hybridized carbons (Fsp3) is 0.588. The molecule has 2 aliphatic rings. The molecule has 3 heterocycles. The van der Waals surface area contributed by atoms with Gasteiger partial charge in [-0.3, -0.25) is 14.4 Å². The van der Waals surface area contributed by atoms with Crippen molar-refractivity contribution in [3.05, 3.63) is 22.4 Å². The van der Waals surface area contributed by atoms with Crippen LogP contribution in [0.4, 0.5) is 0 Å². The van der Waals surface area contributed by atoms with Crippen molar-refractivity contribution in [1.82, 2.24) is 10.2 Å². The van der Waals surface area contributed by atoms with Gasteiger partial charge in [0.25, 0.3) is 0 Å². The number of nitrogens with zero attached hydrogens (tertiary/aromatic N) is 1. The number of hydrogen-bond donors (Lipinski definition) is 2. The van der Waals surface area contributed by atoms with Crippen molar-refractivity contribution in [2.75, 3.05) is 26.3 Å². The highest BCUT2D eigenvalue weighted by atomic mass is 32.1. The van der Waals surface area contributed by atoms with Gasteiger partial charge in [-0.1, -0.05) is 6.07 Å². The number of fused-ring (bicyclic) bond motifs is 1. The smallest absolute Gasteiger partial charge is 0.311 e. The third-order valence-corrected chi connectivity index (χ3v) is 6.11. The predicted octanol–water partition coefficient (Wildman–Crippen LogP) is 1.27. The van der Waals surface area contributed by atoms with Gasteiger partial charge in [0, 0.05) is 37.4 Å². The molecular formula is C17H22N2O5S. The molecule has 1 unspecified atom stereocenters. The fourth-order valence-corrected chi connectivity index (χ4v) is 4.53. The van der Waals surface area contributed by atoms with Gasteiger partial charge in [0.1, 0.15) is 0 Å². The summed E-state index contributed by atoms with van der Waals surface area (Å²) in [7, 11) is 0. The number of carboxylic acids is 1. The van der Waals surface area contributed by atoms with Crippen LogP contribution in [-0.4, -0.2) is 54.1 Å². The van der Waals surface area contributed by atoms with Crippen molar-refractivity contribution in [2.45, 2.75) is 25.8 Å². The number of nitrogens with one attached hydrogen (secondary N) is 1. The van der Waals surface area contributed by atoms with Gasteiger partial charge in [-0.15, -0.1) is 11.3 Å². The average molecular weight is 366 g/mol. The number of ether oxygens (including phenoxy) is 1. The summed E-state index contributed by atoms with van der Waals surface area (Å²) in [6.45, 7) is 2.81. The molecule has 0 spiro atoms. The van der Waals surface area contributed by atoms with Gasteiger partial charge < -0.3 is 20.1 Å². The van der Waals surface area contributed by atoms with Crippen molar-refractivity contribution >= 4 is 29.1 Å². The van der Waals surface area contributed by atoms with E-state index in [1.54, 1.807) is 4.90 Å². The number of rotatable bonds is 5. The van der Waals surface area contributed by atoms with E-state index in [1.807, 2.05) is 17.5 Å². The molecule has 0 saturated carbocycles. The number of thiophene rings is 1. The predicted molar refractivity (Wildman–Crippen MR) is 91.1 cm³/mol. The van der Waals surface area contributed by atoms with Crippen LogP contribution in [0.3, 0.4) is 0 Å². The maximum Gasteiger partial charge on any atom is 0.311 e. The summed E-state index contributed by atoms with van der Waals surface area (Å²) >= 11 is 1.48. The van der Waals surface area contributed by atoms with Crippen LogP contribution in [0.1, 0.15) is 30.7 Å². The Morgan fingerprint density at radius 2 is 2.32 bits per heavy atom. The summed E-state index contributed by atoms with van der Waals surface area (Å²) in [5.74, 6) is -1.37. The highest BCUT2D eigenvalue weighted by molar-refractivity contribution is 7.10. The Labute approximate surface area is 150 Å². The van der Waals surface area contributed by atoms with E-state index >= 15 is 0 Å². The van der Waals surface area contributed by atoms with Crippen molar-refractivity contribution in [3.8, 4) is 0 Å². The van der Waals surface area contributed by atoms with Crippen molar-refractivity contribution < 1.29 is 24.2 Å². The first-order valence-corrected chi connectivity index (χ1v) is 9.20. The van der Waals surface area contributed by atoms with Gasteiger partial charge in [0.15, 0.2) is 0 Å².